The van der Waals surface area contributed by atoms with Gasteiger partial charge in [0.15, 0.2) is 5.71 Å². The van der Waals surface area contributed by atoms with E-state index in [9.17, 15) is 0 Å². The number of fused-ring (bicyclic) bond motifs is 1. The second kappa shape index (κ2) is 8.55. The van der Waals surface area contributed by atoms with Crippen molar-refractivity contribution < 1.29 is 9.31 Å². The van der Waals surface area contributed by atoms with Gasteiger partial charge in [0, 0.05) is 28.8 Å². The maximum Gasteiger partial charge on any atom is 0.209 e. The van der Waals surface area contributed by atoms with E-state index in [1.54, 1.807) is 0 Å². The highest BCUT2D eigenvalue weighted by molar-refractivity contribution is 6.03. The van der Waals surface area contributed by atoms with E-state index < -0.39 is 0 Å². The van der Waals surface area contributed by atoms with E-state index in [0.29, 0.717) is 0 Å². The predicted octanol–water partition coefficient (Wildman–Crippen LogP) is 7.29. The number of nitrogens with zero attached hydrogens (tertiary/aromatic N) is 1. The van der Waals surface area contributed by atoms with E-state index >= 15 is 0 Å². The van der Waals surface area contributed by atoms with E-state index in [0.717, 1.165) is 28.2 Å². The first-order valence-electron chi connectivity index (χ1n) is 11.4. The van der Waals surface area contributed by atoms with Gasteiger partial charge in [-0.15, -0.1) is 0 Å². The molecule has 0 atom stereocenters. The third kappa shape index (κ3) is 4.01. The average molecular weight is 431 g/mol. The van der Waals surface area contributed by atoms with Gasteiger partial charge in [0.25, 0.3) is 0 Å². The Morgan fingerprint density at radius 1 is 0.727 bits per heavy atom. The smallest absolute Gasteiger partial charge is 0.209 e. The summed E-state index contributed by atoms with van der Waals surface area (Å²) >= 11 is 0. The zero-order valence-corrected chi connectivity index (χ0v) is 19.3. The van der Waals surface area contributed by atoms with Gasteiger partial charge in [0.1, 0.15) is 18.6 Å². The van der Waals surface area contributed by atoms with Crippen LogP contribution < -0.4 is 0 Å². The Morgan fingerprint density at radius 2 is 1.27 bits per heavy atom. The van der Waals surface area contributed by atoms with Crippen molar-refractivity contribution in [3.8, 4) is 0 Å². The lowest BCUT2D eigenvalue weighted by molar-refractivity contribution is -0.401. The molecule has 0 aromatic heterocycles. The summed E-state index contributed by atoms with van der Waals surface area (Å²) in [5.41, 5.74) is 7.12. The minimum absolute atomic E-state index is 0.0356. The zero-order chi connectivity index (χ0) is 22.8. The normalized spacial score (nSPS) is 16.9. The average Bonchev–Trinajstić information content (AvgIpc) is 3.05. The lowest BCUT2D eigenvalue weighted by Gasteiger charge is -2.19. The third-order valence-corrected chi connectivity index (χ3v) is 6.42. The Bertz CT molecular complexity index is 1280. The SMILES string of the molecule is C[N+]1=C(C=CC=C2C=C(c3ccccc3)OC(c3ccccc3)=C2)C(C)(C)c2ccccc21. The molecule has 33 heavy (non-hydrogen) atoms. The van der Waals surface area contributed by atoms with Crippen molar-refractivity contribution in [2.45, 2.75) is 19.3 Å². The van der Waals surface area contributed by atoms with E-state index in [-0.39, 0.29) is 5.41 Å². The zero-order valence-electron chi connectivity index (χ0n) is 19.3. The molecule has 0 bridgehead atoms. The van der Waals surface area contributed by atoms with Gasteiger partial charge in [-0.25, -0.2) is 0 Å². The second-order valence-electron chi connectivity index (χ2n) is 8.96. The van der Waals surface area contributed by atoms with Crippen LogP contribution >= 0.6 is 0 Å². The van der Waals surface area contributed by atoms with Gasteiger partial charge >= 0.3 is 0 Å². The fourth-order valence-electron chi connectivity index (χ4n) is 4.66. The standard InChI is InChI=1S/C31H28NO/c1-31(2)26-18-10-11-19-27(26)32(3)30(31)20-12-13-23-21-28(24-14-6-4-7-15-24)33-29(22-23)25-16-8-5-9-17-25/h4-22H,1-3H3/q+1. The Labute approximate surface area is 196 Å². The molecule has 0 fully saturated rings. The largest absolute Gasteiger partial charge is 0.456 e. The first kappa shape index (κ1) is 21.0. The van der Waals surface area contributed by atoms with Crippen molar-refractivity contribution in [2.24, 2.45) is 0 Å². The molecule has 5 rings (SSSR count). The van der Waals surface area contributed by atoms with Crippen LogP contribution in [0.25, 0.3) is 11.5 Å². The van der Waals surface area contributed by atoms with Crippen molar-refractivity contribution in [3.63, 3.8) is 0 Å². The highest BCUT2D eigenvalue weighted by Gasteiger charge is 2.42. The molecule has 2 heterocycles. The summed E-state index contributed by atoms with van der Waals surface area (Å²) < 4.78 is 8.60. The quantitative estimate of drug-likeness (QED) is 0.396. The minimum atomic E-state index is -0.0356. The summed E-state index contributed by atoms with van der Waals surface area (Å²) in [5, 5.41) is 0. The maximum absolute atomic E-state index is 6.30. The Morgan fingerprint density at radius 3 is 1.85 bits per heavy atom. The van der Waals surface area contributed by atoms with E-state index in [1.807, 2.05) is 36.4 Å². The number of hydrogen-bond acceptors (Lipinski definition) is 1. The van der Waals surface area contributed by atoms with Crippen LogP contribution in [0.2, 0.25) is 0 Å². The Kier molecular flexibility index (Phi) is 5.43. The van der Waals surface area contributed by atoms with Crippen LogP contribution in [0.4, 0.5) is 5.69 Å². The van der Waals surface area contributed by atoms with Gasteiger partial charge in [0.05, 0.1) is 5.41 Å². The van der Waals surface area contributed by atoms with Gasteiger partial charge in [-0.2, -0.15) is 4.58 Å². The van der Waals surface area contributed by atoms with Crippen LogP contribution in [0.5, 0.6) is 0 Å². The van der Waals surface area contributed by atoms with Crippen LogP contribution in [0.15, 0.2) is 121 Å². The van der Waals surface area contributed by atoms with Crippen molar-refractivity contribution in [1.82, 2.24) is 0 Å². The fourth-order valence-corrected chi connectivity index (χ4v) is 4.66. The predicted molar refractivity (Wildman–Crippen MR) is 137 cm³/mol. The highest BCUT2D eigenvalue weighted by Crippen LogP contribution is 2.39. The molecule has 0 radical (unpaired) electrons. The molecular formula is C31H28NO+. The van der Waals surface area contributed by atoms with Gasteiger partial charge in [-0.3, -0.25) is 0 Å². The number of allylic oxidation sites excluding steroid dienone is 6. The molecule has 3 aromatic rings. The van der Waals surface area contributed by atoms with E-state index in [2.05, 4.69) is 104 Å². The van der Waals surface area contributed by atoms with Crippen molar-refractivity contribution in [1.29, 1.82) is 0 Å². The lowest BCUT2D eigenvalue weighted by Crippen LogP contribution is -2.26. The summed E-state index contributed by atoms with van der Waals surface area (Å²) in [5.74, 6) is 1.71. The lowest BCUT2D eigenvalue weighted by atomic mass is 9.81. The molecule has 0 spiro atoms. The van der Waals surface area contributed by atoms with Gasteiger partial charge in [0.2, 0.25) is 5.69 Å². The van der Waals surface area contributed by atoms with E-state index in [1.165, 1.54) is 17.0 Å². The van der Waals surface area contributed by atoms with Crippen molar-refractivity contribution >= 4 is 22.9 Å². The molecule has 3 aromatic carbocycles. The molecule has 0 aliphatic carbocycles. The number of para-hydroxylation sites is 1. The molecule has 0 amide bonds. The van der Waals surface area contributed by atoms with Crippen LogP contribution in [0.1, 0.15) is 30.5 Å². The summed E-state index contributed by atoms with van der Waals surface area (Å²) in [4.78, 5) is 0. The molecule has 0 saturated carbocycles. The van der Waals surface area contributed by atoms with Gasteiger partial charge < -0.3 is 4.74 Å². The second-order valence-corrected chi connectivity index (χ2v) is 8.96. The fraction of sp³-hybridized carbons (Fsp3) is 0.129. The molecule has 2 aliphatic rings. The Hall–Kier alpha value is -3.91. The molecular weight excluding hydrogens is 402 g/mol. The number of rotatable bonds is 4. The van der Waals surface area contributed by atoms with E-state index in [4.69, 9.17) is 4.74 Å². The number of ether oxygens (including phenoxy) is 1. The van der Waals surface area contributed by atoms with Gasteiger partial charge in [-0.1, -0.05) is 91.0 Å². The molecule has 162 valence electrons. The summed E-state index contributed by atoms with van der Waals surface area (Å²) in [7, 11) is 2.15. The minimum Gasteiger partial charge on any atom is -0.456 e. The summed E-state index contributed by atoms with van der Waals surface area (Å²) in [6.07, 6.45) is 10.8. The maximum atomic E-state index is 6.30. The molecule has 2 nitrogen and oxygen atoms in total. The molecule has 2 heteroatoms. The topological polar surface area (TPSA) is 12.2 Å². The van der Waals surface area contributed by atoms with Crippen molar-refractivity contribution in [3.05, 3.63) is 138 Å². The number of benzene rings is 3. The third-order valence-electron chi connectivity index (χ3n) is 6.42. The molecule has 0 N–H and O–H groups in total. The number of hydrogen-bond donors (Lipinski definition) is 0. The van der Waals surface area contributed by atoms with Gasteiger partial charge in [-0.05, 0) is 31.6 Å². The van der Waals surface area contributed by atoms with Crippen LogP contribution in [-0.2, 0) is 10.2 Å². The van der Waals surface area contributed by atoms with Crippen LogP contribution in [0, 0.1) is 0 Å². The molecule has 2 aliphatic heterocycles. The summed E-state index contributed by atoms with van der Waals surface area (Å²) in [6.45, 7) is 4.58. The first-order valence-corrected chi connectivity index (χ1v) is 11.4. The van der Waals surface area contributed by atoms with Crippen LogP contribution in [-0.4, -0.2) is 17.3 Å². The first-order chi connectivity index (χ1) is 16.0. The highest BCUT2D eigenvalue weighted by atomic mass is 16.5. The summed E-state index contributed by atoms with van der Waals surface area (Å²) in [6, 6.07) is 29.2. The Balaban J connectivity index is 1.51. The molecule has 0 unspecified atom stereocenters. The monoisotopic (exact) mass is 430 g/mol. The van der Waals surface area contributed by atoms with Crippen LogP contribution in [0.3, 0.4) is 0 Å². The molecule has 0 saturated heterocycles. The van der Waals surface area contributed by atoms with Crippen molar-refractivity contribution in [2.75, 3.05) is 7.05 Å².